The summed E-state index contributed by atoms with van der Waals surface area (Å²) in [4.78, 5) is 24.4. The Kier molecular flexibility index (Phi) is 2.04. The molecule has 2 aliphatic rings. The Morgan fingerprint density at radius 2 is 1.92 bits per heavy atom. The monoisotopic (exact) mass is 180 g/mol. The molecule has 2 saturated heterocycles. The van der Waals surface area contributed by atoms with Gasteiger partial charge in [-0.2, -0.15) is 0 Å². The number of likely N-dealkylation sites (tertiary alicyclic amines) is 1. The summed E-state index contributed by atoms with van der Waals surface area (Å²) in [6, 6.07) is 0. The largest absolute Gasteiger partial charge is 0.377 e. The zero-order valence-corrected chi connectivity index (χ0v) is 7.38. The van der Waals surface area contributed by atoms with E-state index in [1.54, 1.807) is 6.20 Å². The van der Waals surface area contributed by atoms with E-state index in [9.17, 15) is 9.59 Å². The van der Waals surface area contributed by atoms with Gasteiger partial charge in [0.25, 0.3) is 5.91 Å². The van der Waals surface area contributed by atoms with Gasteiger partial charge in [0.1, 0.15) is 5.57 Å². The third-order valence-corrected chi connectivity index (χ3v) is 2.41. The molecule has 4 heteroatoms. The van der Waals surface area contributed by atoms with Gasteiger partial charge in [-0.1, -0.05) is 0 Å². The number of ketones is 1. The van der Waals surface area contributed by atoms with E-state index in [1.165, 1.54) is 0 Å². The summed E-state index contributed by atoms with van der Waals surface area (Å²) < 4.78 is 0. The van der Waals surface area contributed by atoms with Gasteiger partial charge in [0.05, 0.1) is 6.54 Å². The lowest BCUT2D eigenvalue weighted by Crippen LogP contribution is -2.17. The third kappa shape index (κ3) is 1.56. The molecule has 0 aromatic heterocycles. The summed E-state index contributed by atoms with van der Waals surface area (Å²) in [5.41, 5.74) is 0.321. The normalized spacial score (nSPS) is 25.8. The van der Waals surface area contributed by atoms with E-state index in [4.69, 9.17) is 0 Å². The van der Waals surface area contributed by atoms with Crippen LogP contribution in [0.1, 0.15) is 12.8 Å². The van der Waals surface area contributed by atoms with Crippen LogP contribution in [-0.4, -0.2) is 36.2 Å². The molecule has 13 heavy (non-hydrogen) atoms. The quantitative estimate of drug-likeness (QED) is 0.444. The first-order valence-corrected chi connectivity index (χ1v) is 4.54. The molecule has 0 aromatic rings. The fraction of sp³-hybridized carbons (Fsp3) is 0.556. The molecule has 0 spiro atoms. The molecule has 70 valence electrons. The predicted molar refractivity (Wildman–Crippen MR) is 46.9 cm³/mol. The molecule has 2 fully saturated rings. The number of nitrogens with one attached hydrogen (secondary N) is 1. The minimum Gasteiger partial charge on any atom is -0.377 e. The first-order chi connectivity index (χ1) is 6.27. The summed E-state index contributed by atoms with van der Waals surface area (Å²) in [6.07, 6.45) is 4.01. The van der Waals surface area contributed by atoms with Crippen LogP contribution in [0.5, 0.6) is 0 Å². The van der Waals surface area contributed by atoms with Crippen LogP contribution in [0.3, 0.4) is 0 Å². The zero-order valence-electron chi connectivity index (χ0n) is 7.38. The van der Waals surface area contributed by atoms with Gasteiger partial charge < -0.3 is 10.2 Å². The molecule has 2 rings (SSSR count). The van der Waals surface area contributed by atoms with Crippen LogP contribution in [0.15, 0.2) is 11.8 Å². The lowest BCUT2D eigenvalue weighted by molar-refractivity contribution is -0.117. The molecule has 1 amide bonds. The highest BCUT2D eigenvalue weighted by Gasteiger charge is 2.26. The van der Waals surface area contributed by atoms with Crippen LogP contribution in [-0.2, 0) is 9.59 Å². The molecule has 1 N–H and O–H groups in total. The fourth-order valence-electron chi connectivity index (χ4n) is 1.66. The Morgan fingerprint density at radius 1 is 1.23 bits per heavy atom. The molecular formula is C9H12N2O2. The highest BCUT2D eigenvalue weighted by Crippen LogP contribution is 2.12. The predicted octanol–water partition coefficient (Wildman–Crippen LogP) is -0.335. The number of nitrogens with zero attached hydrogens (tertiary/aromatic N) is 1. The van der Waals surface area contributed by atoms with E-state index in [2.05, 4.69) is 5.32 Å². The van der Waals surface area contributed by atoms with Crippen LogP contribution in [0, 0.1) is 0 Å². The van der Waals surface area contributed by atoms with Gasteiger partial charge in [-0.3, -0.25) is 9.59 Å². The van der Waals surface area contributed by atoms with Crippen molar-refractivity contribution in [3.05, 3.63) is 11.8 Å². The van der Waals surface area contributed by atoms with Crippen molar-refractivity contribution in [2.75, 3.05) is 19.6 Å². The molecule has 0 unspecified atom stereocenters. The molecule has 4 nitrogen and oxygen atoms in total. The Balaban J connectivity index is 2.12. The Morgan fingerprint density at radius 3 is 2.46 bits per heavy atom. The smallest absolute Gasteiger partial charge is 0.256 e. The van der Waals surface area contributed by atoms with Gasteiger partial charge in [0.15, 0.2) is 5.78 Å². The molecular weight excluding hydrogens is 168 g/mol. The van der Waals surface area contributed by atoms with Gasteiger partial charge in [-0.15, -0.1) is 0 Å². The number of hydrogen-bond acceptors (Lipinski definition) is 3. The Labute approximate surface area is 76.6 Å². The van der Waals surface area contributed by atoms with Gasteiger partial charge >= 0.3 is 0 Å². The second kappa shape index (κ2) is 3.20. The molecule has 0 aliphatic carbocycles. The second-order valence-corrected chi connectivity index (χ2v) is 3.39. The van der Waals surface area contributed by atoms with Gasteiger partial charge in [-0.05, 0) is 12.8 Å². The maximum atomic E-state index is 11.2. The molecule has 0 saturated carbocycles. The number of Topliss-reactive ketones (excluding diaryl/α,β-unsaturated/α-hetero) is 1. The van der Waals surface area contributed by atoms with Crippen molar-refractivity contribution in [3.8, 4) is 0 Å². The lowest BCUT2D eigenvalue weighted by atomic mass is 10.2. The number of carbonyl (C=O) groups is 2. The fourth-order valence-corrected chi connectivity index (χ4v) is 1.66. The lowest BCUT2D eigenvalue weighted by Gasteiger charge is -2.10. The van der Waals surface area contributed by atoms with E-state index < -0.39 is 0 Å². The van der Waals surface area contributed by atoms with Crippen LogP contribution in [0.4, 0.5) is 0 Å². The average Bonchev–Trinajstić information content (AvgIpc) is 2.70. The number of amides is 1. The minimum atomic E-state index is -0.225. The molecule has 0 aromatic carbocycles. The number of carbonyl (C=O) groups excluding carboxylic acids is 2. The van der Waals surface area contributed by atoms with E-state index >= 15 is 0 Å². The molecule has 0 radical (unpaired) electrons. The van der Waals surface area contributed by atoms with Crippen LogP contribution in [0.25, 0.3) is 0 Å². The molecule has 0 bridgehead atoms. The van der Waals surface area contributed by atoms with Crippen LogP contribution >= 0.6 is 0 Å². The molecule has 2 heterocycles. The standard InChI is InChI=1S/C9H12N2O2/c12-8-5-10-9(13)7(8)6-11-3-1-2-4-11/h6H,1-5H2,(H,10,13)/b7-6-. The van der Waals surface area contributed by atoms with Crippen molar-refractivity contribution in [1.82, 2.24) is 10.2 Å². The maximum absolute atomic E-state index is 11.2. The van der Waals surface area contributed by atoms with Crippen molar-refractivity contribution in [1.29, 1.82) is 0 Å². The molecule has 0 atom stereocenters. The summed E-state index contributed by atoms with van der Waals surface area (Å²) in [5.74, 6) is -0.311. The van der Waals surface area contributed by atoms with Crippen molar-refractivity contribution in [2.24, 2.45) is 0 Å². The van der Waals surface area contributed by atoms with Crippen molar-refractivity contribution < 1.29 is 9.59 Å². The summed E-state index contributed by atoms with van der Waals surface area (Å²) in [6.45, 7) is 2.09. The van der Waals surface area contributed by atoms with Gasteiger partial charge in [0.2, 0.25) is 0 Å². The Bertz CT molecular complexity index is 259. The highest BCUT2D eigenvalue weighted by molar-refractivity contribution is 6.24. The maximum Gasteiger partial charge on any atom is 0.256 e. The summed E-state index contributed by atoms with van der Waals surface area (Å²) in [5, 5.41) is 2.51. The van der Waals surface area contributed by atoms with Crippen molar-refractivity contribution in [2.45, 2.75) is 12.8 Å². The van der Waals surface area contributed by atoms with E-state index in [0.29, 0.717) is 5.57 Å². The Hall–Kier alpha value is -1.32. The molecule has 2 aliphatic heterocycles. The minimum absolute atomic E-state index is 0.0862. The van der Waals surface area contributed by atoms with E-state index in [0.717, 1.165) is 25.9 Å². The van der Waals surface area contributed by atoms with Crippen molar-refractivity contribution in [3.63, 3.8) is 0 Å². The van der Waals surface area contributed by atoms with Gasteiger partial charge in [-0.25, -0.2) is 0 Å². The first kappa shape index (κ1) is 8.29. The van der Waals surface area contributed by atoms with Gasteiger partial charge in [0, 0.05) is 19.3 Å². The SMILES string of the molecule is O=C1CNC(=O)/C1=C\N1CCCC1. The summed E-state index contributed by atoms with van der Waals surface area (Å²) >= 11 is 0. The average molecular weight is 180 g/mol. The second-order valence-electron chi connectivity index (χ2n) is 3.39. The zero-order chi connectivity index (χ0) is 9.26. The summed E-state index contributed by atoms with van der Waals surface area (Å²) in [7, 11) is 0. The van der Waals surface area contributed by atoms with Crippen LogP contribution in [0.2, 0.25) is 0 Å². The third-order valence-electron chi connectivity index (χ3n) is 2.41. The number of hydrogen-bond donors (Lipinski definition) is 1. The van der Waals surface area contributed by atoms with Crippen LogP contribution < -0.4 is 5.32 Å². The number of rotatable bonds is 1. The van der Waals surface area contributed by atoms with E-state index in [-0.39, 0.29) is 18.2 Å². The van der Waals surface area contributed by atoms with Crippen molar-refractivity contribution >= 4 is 11.7 Å². The topological polar surface area (TPSA) is 49.4 Å². The van der Waals surface area contributed by atoms with E-state index in [1.807, 2.05) is 4.90 Å². The first-order valence-electron chi connectivity index (χ1n) is 4.54. The highest BCUT2D eigenvalue weighted by atomic mass is 16.2.